The summed E-state index contributed by atoms with van der Waals surface area (Å²) in [6.07, 6.45) is -0.735. The highest BCUT2D eigenvalue weighted by atomic mass is 35.5. The number of para-hydroxylation sites is 1. The van der Waals surface area contributed by atoms with E-state index in [9.17, 15) is 4.79 Å². The number of thiocarbonyl (C=S) groups is 1. The monoisotopic (exact) mass is 395 g/mol. The van der Waals surface area contributed by atoms with E-state index < -0.39 is 11.0 Å². The fraction of sp³-hybridized carbons (Fsp3) is 0.222. The summed E-state index contributed by atoms with van der Waals surface area (Å²) in [7, 11) is 0. The summed E-state index contributed by atoms with van der Waals surface area (Å²) in [5.74, 6) is -0.289. The molecule has 4 nitrogen and oxygen atoms in total. The molecule has 132 valence electrons. The Morgan fingerprint density at radius 2 is 1.64 bits per heavy atom. The van der Waals surface area contributed by atoms with Gasteiger partial charge in [-0.25, -0.2) is 0 Å². The lowest BCUT2D eigenvalue weighted by atomic mass is 10.1. The topological polar surface area (TPSA) is 53.2 Å². The quantitative estimate of drug-likeness (QED) is 0.404. The first-order valence-corrected chi connectivity index (χ1v) is 8.94. The third kappa shape index (κ3) is 5.88. The summed E-state index contributed by atoms with van der Waals surface area (Å²) in [5, 5.41) is 9.05. The van der Waals surface area contributed by atoms with Crippen LogP contribution in [-0.2, 0) is 0 Å². The maximum absolute atomic E-state index is 12.3. The second-order valence-electron chi connectivity index (χ2n) is 5.56. The molecule has 0 aliphatic rings. The van der Waals surface area contributed by atoms with Gasteiger partial charge >= 0.3 is 0 Å². The van der Waals surface area contributed by atoms with Crippen LogP contribution in [0.3, 0.4) is 0 Å². The predicted molar refractivity (Wildman–Crippen MR) is 108 cm³/mol. The summed E-state index contributed by atoms with van der Waals surface area (Å²) in [6, 6.07) is 14.9. The standard InChI is InChI=1S/C18H19Cl2N3OS/c1-11-7-9-13(10-8-11)17(24)22-16(15(19)20)23-18(25)21-14-6-4-3-5-12(14)2/h3-10,15-16H,1-2H3,(H,22,24)(H2,21,23,25)/t16-/m1/s1. The summed E-state index contributed by atoms with van der Waals surface area (Å²) < 4.78 is 0. The first-order chi connectivity index (χ1) is 11.9. The van der Waals surface area contributed by atoms with Crippen LogP contribution in [-0.4, -0.2) is 22.0 Å². The zero-order valence-corrected chi connectivity index (χ0v) is 16.2. The Balaban J connectivity index is 2.00. The second-order valence-corrected chi connectivity index (χ2v) is 7.14. The molecule has 0 unspecified atom stereocenters. The van der Waals surface area contributed by atoms with Crippen molar-refractivity contribution in [2.24, 2.45) is 0 Å². The van der Waals surface area contributed by atoms with Crippen molar-refractivity contribution in [3.63, 3.8) is 0 Å². The molecule has 0 aliphatic heterocycles. The summed E-state index contributed by atoms with van der Waals surface area (Å²) >= 11 is 17.2. The molecule has 0 saturated carbocycles. The summed E-state index contributed by atoms with van der Waals surface area (Å²) in [5.41, 5.74) is 3.50. The lowest BCUT2D eigenvalue weighted by molar-refractivity contribution is 0.0936. The Labute approximate surface area is 162 Å². The molecule has 2 aromatic rings. The molecule has 3 N–H and O–H groups in total. The van der Waals surface area contributed by atoms with E-state index in [1.165, 1.54) is 0 Å². The number of benzene rings is 2. The number of halogens is 2. The van der Waals surface area contributed by atoms with E-state index in [4.69, 9.17) is 35.4 Å². The number of aryl methyl sites for hydroxylation is 2. The molecule has 0 saturated heterocycles. The molecule has 2 rings (SSSR count). The number of hydrogen-bond donors (Lipinski definition) is 3. The molecule has 0 fully saturated rings. The van der Waals surface area contributed by atoms with Gasteiger partial charge in [0.15, 0.2) is 5.11 Å². The number of carbonyl (C=O) groups excluding carboxylic acids is 1. The maximum atomic E-state index is 12.3. The van der Waals surface area contributed by atoms with Gasteiger partial charge in [-0.05, 0) is 49.8 Å². The van der Waals surface area contributed by atoms with E-state index in [0.29, 0.717) is 10.7 Å². The number of alkyl halides is 2. The Kier molecular flexibility index (Phi) is 7.05. The van der Waals surface area contributed by atoms with Gasteiger partial charge in [-0.3, -0.25) is 4.79 Å². The first-order valence-electron chi connectivity index (χ1n) is 7.65. The highest BCUT2D eigenvalue weighted by molar-refractivity contribution is 7.80. The number of nitrogens with one attached hydrogen (secondary N) is 3. The number of rotatable bonds is 5. The van der Waals surface area contributed by atoms with Crippen LogP contribution in [0.5, 0.6) is 0 Å². The van der Waals surface area contributed by atoms with Crippen LogP contribution >= 0.6 is 35.4 Å². The van der Waals surface area contributed by atoms with Gasteiger partial charge in [0.25, 0.3) is 5.91 Å². The van der Waals surface area contributed by atoms with Crippen molar-refractivity contribution in [1.82, 2.24) is 10.6 Å². The van der Waals surface area contributed by atoms with Gasteiger partial charge in [-0.1, -0.05) is 35.9 Å². The van der Waals surface area contributed by atoms with Gasteiger partial charge in [-0.2, -0.15) is 0 Å². The van der Waals surface area contributed by atoms with Gasteiger partial charge < -0.3 is 16.0 Å². The zero-order valence-electron chi connectivity index (χ0n) is 13.8. The van der Waals surface area contributed by atoms with Crippen LogP contribution in [0.4, 0.5) is 5.69 Å². The number of hydrogen-bond acceptors (Lipinski definition) is 2. The Morgan fingerprint density at radius 3 is 2.24 bits per heavy atom. The van der Waals surface area contributed by atoms with Crippen LogP contribution < -0.4 is 16.0 Å². The normalized spacial score (nSPS) is 11.7. The molecule has 1 atom stereocenters. The van der Waals surface area contributed by atoms with E-state index >= 15 is 0 Å². The van der Waals surface area contributed by atoms with E-state index in [2.05, 4.69) is 16.0 Å². The average molecular weight is 396 g/mol. The fourth-order valence-electron chi connectivity index (χ4n) is 2.10. The van der Waals surface area contributed by atoms with E-state index in [1.54, 1.807) is 12.1 Å². The molecule has 0 spiro atoms. The fourth-order valence-corrected chi connectivity index (χ4v) is 2.59. The van der Waals surface area contributed by atoms with Gasteiger partial charge in [0.05, 0.1) is 0 Å². The van der Waals surface area contributed by atoms with Gasteiger partial charge in [-0.15, -0.1) is 23.2 Å². The SMILES string of the molecule is Cc1ccc(C(=O)N[C@H](NC(=S)Nc2ccccc2C)C(Cl)Cl)cc1. The minimum absolute atomic E-state index is 0.289. The minimum Gasteiger partial charge on any atom is -0.340 e. The lowest BCUT2D eigenvalue weighted by Crippen LogP contribution is -2.52. The lowest BCUT2D eigenvalue weighted by Gasteiger charge is -2.23. The molecule has 0 aromatic heterocycles. The van der Waals surface area contributed by atoms with Gasteiger partial charge in [0, 0.05) is 11.3 Å². The number of carbonyl (C=O) groups is 1. The zero-order chi connectivity index (χ0) is 18.4. The smallest absolute Gasteiger partial charge is 0.252 e. The molecule has 0 radical (unpaired) electrons. The number of amides is 1. The van der Waals surface area contributed by atoms with E-state index in [0.717, 1.165) is 16.8 Å². The molecule has 7 heteroatoms. The van der Waals surface area contributed by atoms with Crippen molar-refractivity contribution in [2.45, 2.75) is 24.8 Å². The van der Waals surface area contributed by atoms with Crippen molar-refractivity contribution < 1.29 is 4.79 Å². The van der Waals surface area contributed by atoms with Crippen LogP contribution in [0.2, 0.25) is 0 Å². The molecule has 0 bridgehead atoms. The second kappa shape index (κ2) is 9.04. The number of anilines is 1. The van der Waals surface area contributed by atoms with Crippen molar-refractivity contribution in [2.75, 3.05) is 5.32 Å². The molecule has 0 heterocycles. The van der Waals surface area contributed by atoms with Crippen molar-refractivity contribution >= 4 is 52.1 Å². The third-order valence-corrected chi connectivity index (χ3v) is 4.26. The molecular weight excluding hydrogens is 377 g/mol. The molecular formula is C18H19Cl2N3OS. The molecule has 25 heavy (non-hydrogen) atoms. The minimum atomic E-state index is -0.883. The first kappa shape index (κ1) is 19.5. The van der Waals surface area contributed by atoms with Crippen molar-refractivity contribution in [3.8, 4) is 0 Å². The van der Waals surface area contributed by atoms with Crippen LogP contribution in [0.15, 0.2) is 48.5 Å². The highest BCUT2D eigenvalue weighted by Crippen LogP contribution is 2.14. The van der Waals surface area contributed by atoms with Gasteiger partial charge in [0.2, 0.25) is 0 Å². The molecule has 0 aliphatic carbocycles. The Bertz CT molecular complexity index is 750. The third-order valence-electron chi connectivity index (χ3n) is 3.53. The summed E-state index contributed by atoms with van der Waals surface area (Å²) in [6.45, 7) is 3.92. The van der Waals surface area contributed by atoms with Crippen LogP contribution in [0.25, 0.3) is 0 Å². The Morgan fingerprint density at radius 1 is 1.00 bits per heavy atom. The van der Waals surface area contributed by atoms with E-state index in [1.807, 2.05) is 50.2 Å². The molecule has 2 aromatic carbocycles. The summed E-state index contributed by atoms with van der Waals surface area (Å²) in [4.78, 5) is 11.4. The predicted octanol–water partition coefficient (Wildman–Crippen LogP) is 4.15. The largest absolute Gasteiger partial charge is 0.340 e. The average Bonchev–Trinajstić information content (AvgIpc) is 2.56. The van der Waals surface area contributed by atoms with E-state index in [-0.39, 0.29) is 5.91 Å². The highest BCUT2D eigenvalue weighted by Gasteiger charge is 2.21. The van der Waals surface area contributed by atoms with Crippen molar-refractivity contribution in [3.05, 3.63) is 65.2 Å². The van der Waals surface area contributed by atoms with Crippen molar-refractivity contribution in [1.29, 1.82) is 0 Å². The van der Waals surface area contributed by atoms with Gasteiger partial charge in [0.1, 0.15) is 11.0 Å². The Hall–Kier alpha value is -1.82. The molecule has 1 amide bonds. The van der Waals surface area contributed by atoms with Crippen LogP contribution in [0, 0.1) is 13.8 Å². The van der Waals surface area contributed by atoms with Crippen LogP contribution in [0.1, 0.15) is 21.5 Å². The maximum Gasteiger partial charge on any atom is 0.252 e.